The molecule has 0 aliphatic carbocycles. The van der Waals surface area contributed by atoms with E-state index in [1.807, 2.05) is 0 Å². The van der Waals surface area contributed by atoms with E-state index in [4.69, 9.17) is 0 Å². The standard InChI is InChI=1S/C6H12.C2H2/c1-3-5-6-4-2;1-2/h5-6H,3-4H2,1-2H3;1-2H/b6-5-;. The van der Waals surface area contributed by atoms with Gasteiger partial charge in [-0.15, -0.1) is 12.8 Å². The molecule has 0 aliphatic rings. The molecule has 0 spiro atoms. The van der Waals surface area contributed by atoms with E-state index in [0.29, 0.717) is 0 Å². The summed E-state index contributed by atoms with van der Waals surface area (Å²) in [5, 5.41) is 0. The molecule has 0 aromatic carbocycles. The first-order valence-electron chi connectivity index (χ1n) is 2.90. The van der Waals surface area contributed by atoms with Crippen molar-refractivity contribution in [3.8, 4) is 12.8 Å². The molecule has 46 valence electrons. The highest BCUT2D eigenvalue weighted by molar-refractivity contribution is 4.77. The number of allylic oxidation sites excluding steroid dienone is 2. The third-order valence-electron chi connectivity index (χ3n) is 0.638. The minimum absolute atomic E-state index is 1.17. The van der Waals surface area contributed by atoms with E-state index in [0.717, 1.165) is 0 Å². The molecule has 0 fully saturated rings. The monoisotopic (exact) mass is 110 g/mol. The highest BCUT2D eigenvalue weighted by Crippen LogP contribution is 1.81. The van der Waals surface area contributed by atoms with Gasteiger partial charge in [-0.2, -0.15) is 0 Å². The molecule has 0 heterocycles. The molecule has 0 N–H and O–H groups in total. The number of rotatable bonds is 2. The Morgan fingerprint density at radius 1 is 1.00 bits per heavy atom. The lowest BCUT2D eigenvalue weighted by Gasteiger charge is -1.72. The molecule has 0 heteroatoms. The summed E-state index contributed by atoms with van der Waals surface area (Å²) in [6, 6.07) is 0. The Morgan fingerprint density at radius 3 is 1.38 bits per heavy atom. The minimum Gasteiger partial charge on any atom is -0.124 e. The Kier molecular flexibility index (Phi) is 21.0. The molecule has 0 nitrogen and oxygen atoms in total. The molecular formula is C8H14. The van der Waals surface area contributed by atoms with E-state index < -0.39 is 0 Å². The van der Waals surface area contributed by atoms with Gasteiger partial charge in [-0.25, -0.2) is 0 Å². The van der Waals surface area contributed by atoms with E-state index >= 15 is 0 Å². The quantitative estimate of drug-likeness (QED) is 0.378. The molecule has 0 aliphatic heterocycles. The van der Waals surface area contributed by atoms with Crippen molar-refractivity contribution in [1.82, 2.24) is 0 Å². The Balaban J connectivity index is 0. The summed E-state index contributed by atoms with van der Waals surface area (Å²) in [7, 11) is 0. The van der Waals surface area contributed by atoms with Gasteiger partial charge in [-0.1, -0.05) is 26.0 Å². The Morgan fingerprint density at radius 2 is 1.25 bits per heavy atom. The van der Waals surface area contributed by atoms with Gasteiger partial charge >= 0.3 is 0 Å². The maximum atomic E-state index is 4.00. The van der Waals surface area contributed by atoms with Crippen molar-refractivity contribution in [2.45, 2.75) is 26.7 Å². The first-order valence-corrected chi connectivity index (χ1v) is 2.90. The van der Waals surface area contributed by atoms with Gasteiger partial charge in [0, 0.05) is 0 Å². The van der Waals surface area contributed by atoms with Crippen LogP contribution in [0.4, 0.5) is 0 Å². The van der Waals surface area contributed by atoms with Crippen LogP contribution in [-0.2, 0) is 0 Å². The first-order chi connectivity index (χ1) is 3.91. The lowest BCUT2D eigenvalue weighted by molar-refractivity contribution is 1.16. The van der Waals surface area contributed by atoms with Crippen LogP contribution >= 0.6 is 0 Å². The third-order valence-corrected chi connectivity index (χ3v) is 0.638. The van der Waals surface area contributed by atoms with Crippen molar-refractivity contribution in [1.29, 1.82) is 0 Å². The van der Waals surface area contributed by atoms with Gasteiger partial charge < -0.3 is 0 Å². The summed E-state index contributed by atoms with van der Waals surface area (Å²) in [5.74, 6) is 0. The van der Waals surface area contributed by atoms with Gasteiger partial charge in [0.05, 0.1) is 0 Å². The fraction of sp³-hybridized carbons (Fsp3) is 0.500. The van der Waals surface area contributed by atoms with Crippen molar-refractivity contribution < 1.29 is 0 Å². The predicted octanol–water partition coefficient (Wildman–Crippen LogP) is 2.61. The van der Waals surface area contributed by atoms with E-state index in [1.165, 1.54) is 12.8 Å². The van der Waals surface area contributed by atoms with Crippen LogP contribution in [0, 0.1) is 12.8 Å². The maximum Gasteiger partial charge on any atom is -0.0379 e. The molecule has 0 bridgehead atoms. The van der Waals surface area contributed by atoms with Crippen LogP contribution in [0.15, 0.2) is 12.2 Å². The number of hydrogen-bond donors (Lipinski definition) is 0. The SMILES string of the molecule is C#C.CC/C=C\CC. The predicted molar refractivity (Wildman–Crippen MR) is 39.6 cm³/mol. The highest BCUT2D eigenvalue weighted by Gasteiger charge is 1.60. The molecular weight excluding hydrogens is 96.1 g/mol. The molecule has 0 radical (unpaired) electrons. The van der Waals surface area contributed by atoms with Crippen molar-refractivity contribution in [2.75, 3.05) is 0 Å². The average molecular weight is 110 g/mol. The van der Waals surface area contributed by atoms with Crippen LogP contribution < -0.4 is 0 Å². The molecule has 0 rings (SSSR count). The molecule has 0 atom stereocenters. The van der Waals surface area contributed by atoms with Crippen LogP contribution in [-0.4, -0.2) is 0 Å². The van der Waals surface area contributed by atoms with E-state index in [-0.39, 0.29) is 0 Å². The smallest absolute Gasteiger partial charge is 0.0379 e. The molecule has 0 amide bonds. The zero-order chi connectivity index (χ0) is 6.83. The van der Waals surface area contributed by atoms with Crippen molar-refractivity contribution in [2.24, 2.45) is 0 Å². The zero-order valence-corrected chi connectivity index (χ0v) is 5.72. The largest absolute Gasteiger partial charge is 0.124 e. The van der Waals surface area contributed by atoms with E-state index in [2.05, 4.69) is 38.8 Å². The molecule has 0 saturated carbocycles. The maximum absolute atomic E-state index is 4.00. The van der Waals surface area contributed by atoms with E-state index in [1.54, 1.807) is 0 Å². The summed E-state index contributed by atoms with van der Waals surface area (Å²) in [6.07, 6.45) is 14.7. The third kappa shape index (κ3) is 18.5. The minimum atomic E-state index is 1.17. The molecule has 0 saturated heterocycles. The Hall–Kier alpha value is -0.700. The summed E-state index contributed by atoms with van der Waals surface area (Å²) < 4.78 is 0. The fourth-order valence-corrected chi connectivity index (χ4v) is 0.333. The van der Waals surface area contributed by atoms with Crippen molar-refractivity contribution >= 4 is 0 Å². The van der Waals surface area contributed by atoms with Gasteiger partial charge in [0.2, 0.25) is 0 Å². The van der Waals surface area contributed by atoms with Gasteiger partial charge in [0.1, 0.15) is 0 Å². The molecule has 0 aromatic heterocycles. The number of hydrogen-bond acceptors (Lipinski definition) is 0. The molecule has 8 heavy (non-hydrogen) atoms. The van der Waals surface area contributed by atoms with Crippen LogP contribution in [0.3, 0.4) is 0 Å². The summed E-state index contributed by atoms with van der Waals surface area (Å²) in [4.78, 5) is 0. The Bertz CT molecular complexity index is 51.7. The first kappa shape index (κ1) is 10.3. The summed E-state index contributed by atoms with van der Waals surface area (Å²) >= 11 is 0. The van der Waals surface area contributed by atoms with Gasteiger partial charge in [0.25, 0.3) is 0 Å². The summed E-state index contributed by atoms with van der Waals surface area (Å²) in [6.45, 7) is 4.29. The highest BCUT2D eigenvalue weighted by atomic mass is 13.7. The fourth-order valence-electron chi connectivity index (χ4n) is 0.333. The van der Waals surface area contributed by atoms with Crippen LogP contribution in [0.25, 0.3) is 0 Å². The second kappa shape index (κ2) is 16.3. The number of terminal acetylenes is 1. The topological polar surface area (TPSA) is 0 Å². The summed E-state index contributed by atoms with van der Waals surface area (Å²) in [5.41, 5.74) is 0. The van der Waals surface area contributed by atoms with Gasteiger partial charge in [-0.05, 0) is 12.8 Å². The lowest BCUT2D eigenvalue weighted by Crippen LogP contribution is -1.51. The average Bonchev–Trinajstić information content (AvgIpc) is 1.88. The van der Waals surface area contributed by atoms with Gasteiger partial charge in [0.15, 0.2) is 0 Å². The molecule has 0 aromatic rings. The van der Waals surface area contributed by atoms with E-state index in [9.17, 15) is 0 Å². The lowest BCUT2D eigenvalue weighted by atomic mass is 10.4. The normalized spacial score (nSPS) is 8.00. The Labute approximate surface area is 52.6 Å². The van der Waals surface area contributed by atoms with Crippen molar-refractivity contribution in [3.63, 3.8) is 0 Å². The van der Waals surface area contributed by atoms with Crippen molar-refractivity contribution in [3.05, 3.63) is 12.2 Å². The second-order valence-electron chi connectivity index (χ2n) is 1.29. The van der Waals surface area contributed by atoms with Crippen LogP contribution in [0.5, 0.6) is 0 Å². The molecule has 0 unspecified atom stereocenters. The van der Waals surface area contributed by atoms with Gasteiger partial charge in [-0.3, -0.25) is 0 Å². The van der Waals surface area contributed by atoms with Crippen LogP contribution in [0.1, 0.15) is 26.7 Å². The van der Waals surface area contributed by atoms with Crippen LogP contribution in [0.2, 0.25) is 0 Å². The zero-order valence-electron chi connectivity index (χ0n) is 5.72. The second-order valence-corrected chi connectivity index (χ2v) is 1.29.